The van der Waals surface area contributed by atoms with E-state index in [1.54, 1.807) is 0 Å². The second kappa shape index (κ2) is 9.99. The molecule has 4 rings (SSSR count). The Kier molecular flexibility index (Phi) is 6.68. The third-order valence-corrected chi connectivity index (χ3v) is 5.83. The summed E-state index contributed by atoms with van der Waals surface area (Å²) < 4.78 is 0. The van der Waals surface area contributed by atoms with Crippen molar-refractivity contribution in [1.82, 2.24) is 0 Å². The second-order valence-electron chi connectivity index (χ2n) is 8.23. The SMILES string of the molecule is Nc1ccc(CCCc2ccc(N)cc2Cc2ccccc2)c(Cc2ccccc2)c1. The Morgan fingerprint density at radius 1 is 0.452 bits per heavy atom. The van der Waals surface area contributed by atoms with Crippen LogP contribution < -0.4 is 11.5 Å². The van der Waals surface area contributed by atoms with Crippen LogP contribution >= 0.6 is 0 Å². The molecule has 0 aliphatic rings. The zero-order valence-corrected chi connectivity index (χ0v) is 17.9. The van der Waals surface area contributed by atoms with E-state index in [1.807, 2.05) is 12.1 Å². The molecule has 0 heterocycles. The van der Waals surface area contributed by atoms with Gasteiger partial charge < -0.3 is 11.5 Å². The zero-order valence-electron chi connectivity index (χ0n) is 17.9. The molecule has 2 nitrogen and oxygen atoms in total. The van der Waals surface area contributed by atoms with Crippen molar-refractivity contribution in [3.63, 3.8) is 0 Å². The van der Waals surface area contributed by atoms with Gasteiger partial charge in [-0.3, -0.25) is 0 Å². The number of anilines is 2. The lowest BCUT2D eigenvalue weighted by Gasteiger charge is -2.13. The molecule has 4 aromatic carbocycles. The van der Waals surface area contributed by atoms with E-state index in [9.17, 15) is 0 Å². The molecule has 0 unspecified atom stereocenters. The molecule has 0 aromatic heterocycles. The molecule has 0 radical (unpaired) electrons. The van der Waals surface area contributed by atoms with Crippen molar-refractivity contribution in [2.45, 2.75) is 32.1 Å². The van der Waals surface area contributed by atoms with Gasteiger partial charge >= 0.3 is 0 Å². The fourth-order valence-corrected chi connectivity index (χ4v) is 4.21. The minimum absolute atomic E-state index is 0.832. The van der Waals surface area contributed by atoms with E-state index in [0.717, 1.165) is 43.5 Å². The number of aryl methyl sites for hydroxylation is 2. The first-order chi connectivity index (χ1) is 15.2. The molecule has 0 saturated carbocycles. The molecule has 4 aromatic rings. The van der Waals surface area contributed by atoms with Crippen LogP contribution in [-0.4, -0.2) is 0 Å². The van der Waals surface area contributed by atoms with Gasteiger partial charge in [0.25, 0.3) is 0 Å². The molecule has 0 amide bonds. The Morgan fingerprint density at radius 3 is 1.29 bits per heavy atom. The van der Waals surface area contributed by atoms with E-state index in [4.69, 9.17) is 11.5 Å². The van der Waals surface area contributed by atoms with E-state index in [2.05, 4.69) is 84.9 Å². The van der Waals surface area contributed by atoms with E-state index < -0.39 is 0 Å². The third-order valence-electron chi connectivity index (χ3n) is 5.83. The first-order valence-corrected chi connectivity index (χ1v) is 11.0. The Labute approximate surface area is 185 Å². The highest BCUT2D eigenvalue weighted by Gasteiger charge is 2.08. The van der Waals surface area contributed by atoms with Crippen molar-refractivity contribution >= 4 is 11.4 Å². The number of hydrogen-bond donors (Lipinski definition) is 2. The minimum Gasteiger partial charge on any atom is -0.399 e. The van der Waals surface area contributed by atoms with Crippen molar-refractivity contribution in [2.24, 2.45) is 0 Å². The van der Waals surface area contributed by atoms with Crippen molar-refractivity contribution in [2.75, 3.05) is 11.5 Å². The molecule has 0 aliphatic heterocycles. The van der Waals surface area contributed by atoms with Crippen LogP contribution in [0.25, 0.3) is 0 Å². The lowest BCUT2D eigenvalue weighted by atomic mass is 9.92. The first kappa shape index (κ1) is 20.7. The largest absolute Gasteiger partial charge is 0.399 e. The molecule has 0 spiro atoms. The van der Waals surface area contributed by atoms with Gasteiger partial charge in [-0.1, -0.05) is 72.8 Å². The fourth-order valence-electron chi connectivity index (χ4n) is 4.21. The highest BCUT2D eigenvalue weighted by atomic mass is 14.5. The predicted octanol–water partition coefficient (Wildman–Crippen LogP) is 6.21. The van der Waals surface area contributed by atoms with Crippen molar-refractivity contribution in [3.05, 3.63) is 130 Å². The summed E-state index contributed by atoms with van der Waals surface area (Å²) in [6, 6.07) is 33.9. The Bertz CT molecular complexity index is 1030. The Balaban J connectivity index is 1.46. The Hall–Kier alpha value is -3.52. The molecule has 0 saturated heterocycles. The summed E-state index contributed by atoms with van der Waals surface area (Å²) in [5.74, 6) is 0. The van der Waals surface area contributed by atoms with E-state index in [1.165, 1.54) is 33.4 Å². The summed E-state index contributed by atoms with van der Waals surface area (Å²) in [5.41, 5.74) is 21.9. The molecule has 0 bridgehead atoms. The first-order valence-electron chi connectivity index (χ1n) is 11.0. The van der Waals surface area contributed by atoms with Gasteiger partial charge in [0.2, 0.25) is 0 Å². The van der Waals surface area contributed by atoms with Crippen molar-refractivity contribution < 1.29 is 0 Å². The summed E-state index contributed by atoms with van der Waals surface area (Å²) in [4.78, 5) is 0. The van der Waals surface area contributed by atoms with E-state index >= 15 is 0 Å². The van der Waals surface area contributed by atoms with Crippen LogP contribution in [0.4, 0.5) is 11.4 Å². The maximum Gasteiger partial charge on any atom is 0.0317 e. The summed E-state index contributed by atoms with van der Waals surface area (Å²) in [7, 11) is 0. The van der Waals surface area contributed by atoms with Gasteiger partial charge in [0, 0.05) is 11.4 Å². The van der Waals surface area contributed by atoms with Gasteiger partial charge in [-0.2, -0.15) is 0 Å². The van der Waals surface area contributed by atoms with Crippen LogP contribution in [0.5, 0.6) is 0 Å². The number of rotatable bonds is 8. The zero-order chi connectivity index (χ0) is 21.5. The lowest BCUT2D eigenvalue weighted by Crippen LogP contribution is -2.02. The standard InChI is InChI=1S/C29H30N2/c30-28-16-14-24(26(20-28)18-22-8-3-1-4-9-22)12-7-13-25-15-17-29(31)21-27(25)19-23-10-5-2-6-11-23/h1-6,8-11,14-17,20-21H,7,12-13,18-19,30-31H2. The monoisotopic (exact) mass is 406 g/mol. The van der Waals surface area contributed by atoms with E-state index in [0.29, 0.717) is 0 Å². The van der Waals surface area contributed by atoms with Gasteiger partial charge in [-0.15, -0.1) is 0 Å². The predicted molar refractivity (Wildman–Crippen MR) is 132 cm³/mol. The van der Waals surface area contributed by atoms with Gasteiger partial charge in [0.15, 0.2) is 0 Å². The lowest BCUT2D eigenvalue weighted by molar-refractivity contribution is 0.805. The molecule has 0 atom stereocenters. The van der Waals surface area contributed by atoms with Crippen LogP contribution in [-0.2, 0) is 25.7 Å². The molecule has 2 heteroatoms. The van der Waals surface area contributed by atoms with Crippen molar-refractivity contribution in [3.8, 4) is 0 Å². The molecule has 4 N–H and O–H groups in total. The normalized spacial score (nSPS) is 10.8. The van der Waals surface area contributed by atoms with Crippen LogP contribution in [0.15, 0.2) is 97.1 Å². The number of benzene rings is 4. The van der Waals surface area contributed by atoms with Gasteiger partial charge in [0.1, 0.15) is 0 Å². The van der Waals surface area contributed by atoms with Crippen LogP contribution in [0.1, 0.15) is 39.8 Å². The maximum absolute atomic E-state index is 6.10. The molecule has 31 heavy (non-hydrogen) atoms. The molecule has 0 aliphatic carbocycles. The third kappa shape index (κ3) is 5.76. The average molecular weight is 407 g/mol. The molecular formula is C29H30N2. The smallest absolute Gasteiger partial charge is 0.0317 e. The van der Waals surface area contributed by atoms with Crippen LogP contribution in [0.2, 0.25) is 0 Å². The van der Waals surface area contributed by atoms with Gasteiger partial charge in [0.05, 0.1) is 0 Å². The second-order valence-corrected chi connectivity index (χ2v) is 8.23. The number of nitrogen functional groups attached to an aromatic ring is 2. The quantitative estimate of drug-likeness (QED) is 0.342. The fraction of sp³-hybridized carbons (Fsp3) is 0.172. The number of nitrogens with two attached hydrogens (primary N) is 2. The van der Waals surface area contributed by atoms with Gasteiger partial charge in [-0.05, 0) is 89.8 Å². The highest BCUT2D eigenvalue weighted by molar-refractivity contribution is 5.48. The molecule has 156 valence electrons. The summed E-state index contributed by atoms with van der Waals surface area (Å²) in [6.07, 6.45) is 5.01. The van der Waals surface area contributed by atoms with Gasteiger partial charge in [-0.25, -0.2) is 0 Å². The minimum atomic E-state index is 0.832. The van der Waals surface area contributed by atoms with Crippen LogP contribution in [0.3, 0.4) is 0 Å². The topological polar surface area (TPSA) is 52.0 Å². The van der Waals surface area contributed by atoms with E-state index in [-0.39, 0.29) is 0 Å². The average Bonchev–Trinajstić information content (AvgIpc) is 2.78. The molecular weight excluding hydrogens is 376 g/mol. The summed E-state index contributed by atoms with van der Waals surface area (Å²) >= 11 is 0. The van der Waals surface area contributed by atoms with Crippen LogP contribution in [0, 0.1) is 0 Å². The summed E-state index contributed by atoms with van der Waals surface area (Å²) in [5, 5.41) is 0. The van der Waals surface area contributed by atoms with Crippen molar-refractivity contribution in [1.29, 1.82) is 0 Å². The summed E-state index contributed by atoms with van der Waals surface area (Å²) in [6.45, 7) is 0. The molecule has 0 fully saturated rings. The maximum atomic E-state index is 6.10. The number of hydrogen-bond acceptors (Lipinski definition) is 2. The Morgan fingerprint density at radius 2 is 0.871 bits per heavy atom. The highest BCUT2D eigenvalue weighted by Crippen LogP contribution is 2.23.